The van der Waals surface area contributed by atoms with Crippen molar-refractivity contribution in [3.8, 4) is 22.8 Å². The van der Waals surface area contributed by atoms with E-state index >= 15 is 0 Å². The van der Waals surface area contributed by atoms with Crippen LogP contribution in [0.4, 0.5) is 5.13 Å². The highest BCUT2D eigenvalue weighted by Crippen LogP contribution is 2.34. The maximum Gasteiger partial charge on any atom is 0.229 e. The molecule has 3 rings (SSSR count). The van der Waals surface area contributed by atoms with E-state index in [9.17, 15) is 4.79 Å². The van der Waals surface area contributed by atoms with Crippen LogP contribution >= 0.6 is 11.3 Å². The molecule has 0 atom stereocenters. The van der Waals surface area contributed by atoms with Gasteiger partial charge in [0.05, 0.1) is 19.9 Å². The molecule has 1 heterocycles. The van der Waals surface area contributed by atoms with Crippen LogP contribution in [-0.4, -0.2) is 25.1 Å². The smallest absolute Gasteiger partial charge is 0.229 e. The van der Waals surface area contributed by atoms with Gasteiger partial charge in [0, 0.05) is 16.9 Å². The third kappa shape index (κ3) is 3.70. The van der Waals surface area contributed by atoms with Crippen LogP contribution in [0.5, 0.6) is 11.5 Å². The fourth-order valence-corrected chi connectivity index (χ4v) is 3.75. The highest BCUT2D eigenvalue weighted by atomic mass is 32.1. The van der Waals surface area contributed by atoms with E-state index in [4.69, 9.17) is 9.47 Å². The molecule has 1 aliphatic carbocycles. The minimum absolute atomic E-state index is 0.0999. The second-order valence-electron chi connectivity index (χ2n) is 5.93. The maximum absolute atomic E-state index is 12.3. The standard InChI is InChI=1S/C18H22N2O3S/c1-22-15-9-8-13(10-16(15)23-2)14-11-24-18(19-14)20-17(21)12-6-4-3-5-7-12/h8-12H,3-7H2,1-2H3,(H,19,20,21). The fraction of sp³-hybridized carbons (Fsp3) is 0.444. The average Bonchev–Trinajstić information content (AvgIpc) is 3.10. The Hall–Kier alpha value is -2.08. The van der Waals surface area contributed by atoms with E-state index in [2.05, 4.69) is 10.3 Å². The quantitative estimate of drug-likeness (QED) is 0.874. The Morgan fingerprint density at radius 1 is 1.17 bits per heavy atom. The summed E-state index contributed by atoms with van der Waals surface area (Å²) in [5.74, 6) is 1.58. The zero-order chi connectivity index (χ0) is 16.9. The maximum atomic E-state index is 12.3. The molecule has 2 aromatic rings. The third-order valence-electron chi connectivity index (χ3n) is 4.39. The topological polar surface area (TPSA) is 60.5 Å². The Labute approximate surface area is 146 Å². The van der Waals surface area contributed by atoms with Crippen LogP contribution in [-0.2, 0) is 4.79 Å². The van der Waals surface area contributed by atoms with Crippen molar-refractivity contribution in [2.75, 3.05) is 19.5 Å². The van der Waals surface area contributed by atoms with Crippen molar-refractivity contribution in [3.05, 3.63) is 23.6 Å². The largest absolute Gasteiger partial charge is 0.493 e. The Bertz CT molecular complexity index is 708. The van der Waals surface area contributed by atoms with Crippen LogP contribution in [0.25, 0.3) is 11.3 Å². The van der Waals surface area contributed by atoms with Crippen LogP contribution < -0.4 is 14.8 Å². The molecule has 1 amide bonds. The van der Waals surface area contributed by atoms with Crippen LogP contribution in [0.3, 0.4) is 0 Å². The molecule has 24 heavy (non-hydrogen) atoms. The molecule has 1 aromatic heterocycles. The van der Waals surface area contributed by atoms with Crippen LogP contribution in [0.2, 0.25) is 0 Å². The lowest BCUT2D eigenvalue weighted by molar-refractivity contribution is -0.120. The first-order valence-corrected chi connectivity index (χ1v) is 9.08. The van der Waals surface area contributed by atoms with E-state index in [0.717, 1.165) is 36.9 Å². The van der Waals surface area contributed by atoms with Crippen molar-refractivity contribution in [2.45, 2.75) is 32.1 Å². The average molecular weight is 346 g/mol. The number of nitrogens with zero attached hydrogens (tertiary/aromatic N) is 1. The fourth-order valence-electron chi connectivity index (χ4n) is 3.03. The highest BCUT2D eigenvalue weighted by Gasteiger charge is 2.22. The molecule has 1 fully saturated rings. The SMILES string of the molecule is COc1ccc(-c2csc(NC(=O)C3CCCCC3)n2)cc1OC. The normalized spacial score (nSPS) is 15.1. The lowest BCUT2D eigenvalue weighted by Gasteiger charge is -2.19. The molecule has 1 aliphatic rings. The Kier molecular flexibility index (Phi) is 5.35. The van der Waals surface area contributed by atoms with E-state index in [1.165, 1.54) is 17.8 Å². The number of ether oxygens (including phenoxy) is 2. The predicted octanol–water partition coefficient (Wildman–Crippen LogP) is 4.35. The second kappa shape index (κ2) is 7.66. The third-order valence-corrected chi connectivity index (χ3v) is 5.15. The van der Waals surface area contributed by atoms with E-state index < -0.39 is 0 Å². The predicted molar refractivity (Wildman–Crippen MR) is 95.9 cm³/mol. The first-order chi connectivity index (χ1) is 11.7. The summed E-state index contributed by atoms with van der Waals surface area (Å²) in [7, 11) is 3.22. The summed E-state index contributed by atoms with van der Waals surface area (Å²) < 4.78 is 10.6. The van der Waals surface area contributed by atoms with Gasteiger partial charge >= 0.3 is 0 Å². The summed E-state index contributed by atoms with van der Waals surface area (Å²) in [4.78, 5) is 16.9. The van der Waals surface area contributed by atoms with Gasteiger partial charge in [-0.25, -0.2) is 4.98 Å². The molecule has 0 saturated heterocycles. The highest BCUT2D eigenvalue weighted by molar-refractivity contribution is 7.14. The lowest BCUT2D eigenvalue weighted by atomic mass is 9.89. The molecule has 5 nitrogen and oxygen atoms in total. The number of benzene rings is 1. The van der Waals surface area contributed by atoms with Crippen molar-refractivity contribution in [3.63, 3.8) is 0 Å². The molecule has 0 radical (unpaired) electrons. The van der Waals surface area contributed by atoms with E-state index in [1.54, 1.807) is 14.2 Å². The van der Waals surface area contributed by atoms with E-state index in [0.29, 0.717) is 16.6 Å². The molecular weight excluding hydrogens is 324 g/mol. The van der Waals surface area contributed by atoms with Gasteiger partial charge in [0.1, 0.15) is 0 Å². The Morgan fingerprint density at radius 3 is 2.62 bits per heavy atom. The van der Waals surface area contributed by atoms with Crippen molar-refractivity contribution in [1.29, 1.82) is 0 Å². The summed E-state index contributed by atoms with van der Waals surface area (Å²) in [6.45, 7) is 0. The number of amides is 1. The minimum atomic E-state index is 0.0999. The van der Waals surface area contributed by atoms with Crippen molar-refractivity contribution < 1.29 is 14.3 Å². The van der Waals surface area contributed by atoms with Crippen LogP contribution in [0.15, 0.2) is 23.6 Å². The minimum Gasteiger partial charge on any atom is -0.493 e. The number of methoxy groups -OCH3 is 2. The number of nitrogens with one attached hydrogen (secondary N) is 1. The molecule has 0 bridgehead atoms. The second-order valence-corrected chi connectivity index (χ2v) is 6.79. The molecule has 0 unspecified atom stereocenters. The molecule has 128 valence electrons. The Morgan fingerprint density at radius 2 is 1.92 bits per heavy atom. The van der Waals surface area contributed by atoms with Gasteiger partial charge in [0.15, 0.2) is 16.6 Å². The zero-order valence-electron chi connectivity index (χ0n) is 14.0. The van der Waals surface area contributed by atoms with E-state index in [-0.39, 0.29) is 11.8 Å². The Balaban J connectivity index is 1.72. The van der Waals surface area contributed by atoms with Gasteiger partial charge in [0.25, 0.3) is 0 Å². The number of thiazole rings is 1. The van der Waals surface area contributed by atoms with Crippen LogP contribution in [0.1, 0.15) is 32.1 Å². The van der Waals surface area contributed by atoms with E-state index in [1.807, 2.05) is 23.6 Å². The number of aromatic nitrogens is 1. The number of hydrogen-bond acceptors (Lipinski definition) is 5. The molecular formula is C18H22N2O3S. The lowest BCUT2D eigenvalue weighted by Crippen LogP contribution is -2.24. The van der Waals surface area contributed by atoms with Crippen LogP contribution in [0, 0.1) is 5.92 Å². The van der Waals surface area contributed by atoms with Gasteiger partial charge in [-0.05, 0) is 31.0 Å². The summed E-state index contributed by atoms with van der Waals surface area (Å²) in [6.07, 6.45) is 5.50. The molecule has 0 spiro atoms. The molecule has 0 aliphatic heterocycles. The number of anilines is 1. The molecule has 1 saturated carbocycles. The first kappa shape index (κ1) is 16.8. The van der Waals surface area contributed by atoms with Crippen molar-refractivity contribution >= 4 is 22.4 Å². The van der Waals surface area contributed by atoms with Gasteiger partial charge in [-0.2, -0.15) is 0 Å². The molecule has 6 heteroatoms. The van der Waals surface area contributed by atoms with Gasteiger partial charge in [-0.1, -0.05) is 19.3 Å². The van der Waals surface area contributed by atoms with Gasteiger partial charge < -0.3 is 14.8 Å². The van der Waals surface area contributed by atoms with Crippen molar-refractivity contribution in [2.24, 2.45) is 5.92 Å². The summed E-state index contributed by atoms with van der Waals surface area (Å²) in [5.41, 5.74) is 1.75. The van der Waals surface area contributed by atoms with Gasteiger partial charge in [0.2, 0.25) is 5.91 Å². The molecule has 1 aromatic carbocycles. The van der Waals surface area contributed by atoms with Gasteiger partial charge in [-0.3, -0.25) is 4.79 Å². The van der Waals surface area contributed by atoms with Gasteiger partial charge in [-0.15, -0.1) is 11.3 Å². The number of carbonyl (C=O) groups is 1. The number of rotatable bonds is 5. The number of hydrogen-bond donors (Lipinski definition) is 1. The molecule has 1 N–H and O–H groups in total. The summed E-state index contributed by atoms with van der Waals surface area (Å²) >= 11 is 1.44. The summed E-state index contributed by atoms with van der Waals surface area (Å²) in [5, 5.41) is 5.56. The zero-order valence-corrected chi connectivity index (χ0v) is 14.8. The summed E-state index contributed by atoms with van der Waals surface area (Å²) in [6, 6.07) is 5.68. The number of carbonyl (C=O) groups excluding carboxylic acids is 1. The van der Waals surface area contributed by atoms with Crippen molar-refractivity contribution in [1.82, 2.24) is 4.98 Å². The first-order valence-electron chi connectivity index (χ1n) is 8.20. The monoisotopic (exact) mass is 346 g/mol.